The summed E-state index contributed by atoms with van der Waals surface area (Å²) in [6.07, 6.45) is 5.75. The van der Waals surface area contributed by atoms with E-state index in [-0.39, 0.29) is 5.91 Å². The lowest BCUT2D eigenvalue weighted by Gasteiger charge is -2.32. The summed E-state index contributed by atoms with van der Waals surface area (Å²) in [6, 6.07) is 11.8. The molecule has 2 fully saturated rings. The van der Waals surface area contributed by atoms with Crippen LogP contribution < -0.4 is 4.74 Å². The van der Waals surface area contributed by atoms with Crippen molar-refractivity contribution in [3.05, 3.63) is 53.5 Å². The van der Waals surface area contributed by atoms with Gasteiger partial charge in [-0.25, -0.2) is 0 Å². The minimum absolute atomic E-state index is 0.110. The van der Waals surface area contributed by atoms with E-state index in [0.717, 1.165) is 69.3 Å². The van der Waals surface area contributed by atoms with Crippen LogP contribution in [0.25, 0.3) is 0 Å². The molecule has 0 N–H and O–H groups in total. The van der Waals surface area contributed by atoms with Gasteiger partial charge in [0.25, 0.3) is 5.91 Å². The third kappa shape index (κ3) is 5.21. The summed E-state index contributed by atoms with van der Waals surface area (Å²) in [5, 5.41) is 0. The first-order chi connectivity index (χ1) is 14.2. The molecule has 2 saturated heterocycles. The summed E-state index contributed by atoms with van der Waals surface area (Å²) in [7, 11) is 0. The molecule has 0 radical (unpaired) electrons. The molecule has 0 aliphatic carbocycles. The van der Waals surface area contributed by atoms with E-state index in [9.17, 15) is 4.79 Å². The van der Waals surface area contributed by atoms with Crippen LogP contribution >= 0.6 is 0 Å². The minimum Gasteiger partial charge on any atom is -0.492 e. The van der Waals surface area contributed by atoms with Gasteiger partial charge >= 0.3 is 0 Å². The zero-order chi connectivity index (χ0) is 20.1. The van der Waals surface area contributed by atoms with Crippen LogP contribution in [0.3, 0.4) is 0 Å². The van der Waals surface area contributed by atoms with Gasteiger partial charge in [0.2, 0.25) is 0 Å². The van der Waals surface area contributed by atoms with Crippen molar-refractivity contribution in [3.63, 3.8) is 0 Å². The van der Waals surface area contributed by atoms with Crippen LogP contribution in [0.1, 0.15) is 54.0 Å². The van der Waals surface area contributed by atoms with Crippen molar-refractivity contribution in [3.8, 4) is 5.75 Å². The van der Waals surface area contributed by atoms with Gasteiger partial charge < -0.3 is 14.1 Å². The second kappa shape index (κ2) is 9.49. The van der Waals surface area contributed by atoms with Gasteiger partial charge in [-0.3, -0.25) is 9.69 Å². The number of carbonyl (C=O) groups is 1. The van der Waals surface area contributed by atoms with Gasteiger partial charge in [0.1, 0.15) is 17.3 Å². The first-order valence-electron chi connectivity index (χ1n) is 11.0. The first kappa shape index (κ1) is 20.0. The third-order valence-corrected chi connectivity index (χ3v) is 6.01. The lowest BCUT2D eigenvalue weighted by atomic mass is 9.99. The van der Waals surface area contributed by atoms with Gasteiger partial charge in [-0.05, 0) is 69.8 Å². The molecule has 1 amide bonds. The highest BCUT2D eigenvalue weighted by Crippen LogP contribution is 2.25. The third-order valence-electron chi connectivity index (χ3n) is 6.01. The number of rotatable bonds is 6. The van der Waals surface area contributed by atoms with Crippen LogP contribution in [-0.4, -0.2) is 48.5 Å². The average Bonchev–Trinajstić information content (AvgIpc) is 3.17. The van der Waals surface area contributed by atoms with Crippen molar-refractivity contribution < 1.29 is 13.9 Å². The molecule has 5 heteroatoms. The molecule has 3 heterocycles. The second-order valence-corrected chi connectivity index (χ2v) is 8.42. The number of furan rings is 1. The number of likely N-dealkylation sites (tertiary alicyclic amines) is 2. The van der Waals surface area contributed by atoms with E-state index in [1.54, 1.807) is 0 Å². The normalized spacial score (nSPS) is 20.6. The Balaban J connectivity index is 1.34. The van der Waals surface area contributed by atoms with Crippen LogP contribution in [0.4, 0.5) is 0 Å². The number of carbonyl (C=O) groups excluding carboxylic acids is 1. The van der Waals surface area contributed by atoms with Crippen LogP contribution in [0.15, 0.2) is 40.8 Å². The molecule has 0 saturated carbocycles. The molecule has 4 rings (SSSR count). The molecular weight excluding hydrogens is 364 g/mol. The van der Waals surface area contributed by atoms with Gasteiger partial charge in [-0.1, -0.05) is 12.1 Å². The summed E-state index contributed by atoms with van der Waals surface area (Å²) in [4.78, 5) is 17.4. The monoisotopic (exact) mass is 396 g/mol. The summed E-state index contributed by atoms with van der Waals surface area (Å²) in [5.74, 6) is 3.30. The number of amides is 1. The number of piperidine rings is 2. The highest BCUT2D eigenvalue weighted by molar-refractivity contribution is 5.97. The molecule has 1 aromatic heterocycles. The lowest BCUT2D eigenvalue weighted by molar-refractivity contribution is 0.0715. The maximum atomic E-state index is 13.0. The molecule has 0 spiro atoms. The Morgan fingerprint density at radius 1 is 1.07 bits per heavy atom. The van der Waals surface area contributed by atoms with Crippen molar-refractivity contribution in [1.29, 1.82) is 0 Å². The lowest BCUT2D eigenvalue weighted by Crippen LogP contribution is -2.37. The summed E-state index contributed by atoms with van der Waals surface area (Å²) in [6.45, 7) is 7.31. The second-order valence-electron chi connectivity index (χ2n) is 8.42. The molecule has 1 atom stereocenters. The number of hydrogen-bond donors (Lipinski definition) is 0. The molecule has 2 aliphatic rings. The zero-order valence-electron chi connectivity index (χ0n) is 17.4. The molecule has 1 aromatic carbocycles. The Hall–Kier alpha value is -2.27. The smallest absolute Gasteiger partial charge is 0.257 e. The van der Waals surface area contributed by atoms with E-state index in [2.05, 4.69) is 11.0 Å². The van der Waals surface area contributed by atoms with Crippen LogP contribution in [0.5, 0.6) is 5.75 Å². The fourth-order valence-corrected chi connectivity index (χ4v) is 4.47. The van der Waals surface area contributed by atoms with Crippen molar-refractivity contribution in [2.75, 3.05) is 32.8 Å². The zero-order valence-corrected chi connectivity index (χ0v) is 17.4. The number of benzene rings is 1. The minimum atomic E-state index is 0.110. The predicted octanol–water partition coefficient (Wildman–Crippen LogP) is 4.51. The fraction of sp³-hybridized carbons (Fsp3) is 0.542. The quantitative estimate of drug-likeness (QED) is 0.721. The first-order valence-corrected chi connectivity index (χ1v) is 11.0. The Morgan fingerprint density at radius 3 is 2.69 bits per heavy atom. The van der Waals surface area contributed by atoms with E-state index < -0.39 is 0 Å². The van der Waals surface area contributed by atoms with Crippen molar-refractivity contribution >= 4 is 5.91 Å². The van der Waals surface area contributed by atoms with Gasteiger partial charge in [0.15, 0.2) is 0 Å². The van der Waals surface area contributed by atoms with E-state index in [4.69, 9.17) is 9.15 Å². The Morgan fingerprint density at radius 2 is 1.90 bits per heavy atom. The topological polar surface area (TPSA) is 45.9 Å². The van der Waals surface area contributed by atoms with E-state index in [1.165, 1.54) is 12.8 Å². The van der Waals surface area contributed by atoms with Gasteiger partial charge in [0.05, 0.1) is 18.7 Å². The molecule has 156 valence electrons. The highest BCUT2D eigenvalue weighted by atomic mass is 16.5. The molecule has 5 nitrogen and oxygen atoms in total. The average molecular weight is 397 g/mol. The van der Waals surface area contributed by atoms with Crippen LogP contribution in [0.2, 0.25) is 0 Å². The molecule has 2 aromatic rings. The maximum Gasteiger partial charge on any atom is 0.257 e. The number of aryl methyl sites for hydroxylation is 1. The Bertz CT molecular complexity index is 810. The van der Waals surface area contributed by atoms with Gasteiger partial charge in [0, 0.05) is 25.6 Å². The molecule has 0 bridgehead atoms. The Kier molecular flexibility index (Phi) is 6.55. The molecular formula is C24H32N2O3. The summed E-state index contributed by atoms with van der Waals surface area (Å²) in [5.41, 5.74) is 0.702. The number of hydrogen-bond acceptors (Lipinski definition) is 4. The number of ether oxygens (including phenoxy) is 1. The van der Waals surface area contributed by atoms with Gasteiger partial charge in [-0.2, -0.15) is 0 Å². The molecule has 29 heavy (non-hydrogen) atoms. The summed E-state index contributed by atoms with van der Waals surface area (Å²) >= 11 is 0. The van der Waals surface area contributed by atoms with Gasteiger partial charge in [-0.15, -0.1) is 0 Å². The predicted molar refractivity (Wildman–Crippen MR) is 113 cm³/mol. The van der Waals surface area contributed by atoms with E-state index >= 15 is 0 Å². The number of para-hydroxylation sites is 1. The van der Waals surface area contributed by atoms with Crippen LogP contribution in [0, 0.1) is 12.8 Å². The SMILES string of the molecule is Cc1ccc(CN2CCCC(COc3ccccc3C(=O)N3CCCCC3)C2)o1. The molecule has 2 aliphatic heterocycles. The standard InChI is InChI=1S/C24H32N2O3/c1-19-11-12-21(29-19)17-25-13-7-8-20(16-25)18-28-23-10-4-3-9-22(23)24(27)26-14-5-2-6-15-26/h3-4,9-12,20H,2,5-8,13-18H2,1H3. The fourth-order valence-electron chi connectivity index (χ4n) is 4.47. The maximum absolute atomic E-state index is 13.0. The summed E-state index contributed by atoms with van der Waals surface area (Å²) < 4.78 is 11.9. The largest absolute Gasteiger partial charge is 0.492 e. The van der Waals surface area contributed by atoms with Crippen LogP contribution in [-0.2, 0) is 6.54 Å². The van der Waals surface area contributed by atoms with Crippen molar-refractivity contribution in [2.45, 2.75) is 45.6 Å². The Labute approximate surface area is 173 Å². The van der Waals surface area contributed by atoms with Crippen molar-refractivity contribution in [1.82, 2.24) is 9.80 Å². The molecule has 1 unspecified atom stereocenters. The van der Waals surface area contributed by atoms with E-state index in [1.807, 2.05) is 42.2 Å². The van der Waals surface area contributed by atoms with E-state index in [0.29, 0.717) is 18.1 Å². The number of nitrogens with zero attached hydrogens (tertiary/aromatic N) is 2. The van der Waals surface area contributed by atoms with Crippen molar-refractivity contribution in [2.24, 2.45) is 5.92 Å². The highest BCUT2D eigenvalue weighted by Gasteiger charge is 2.24.